The Hall–Kier alpha value is -1.44. The van der Waals surface area contributed by atoms with E-state index in [1.54, 1.807) is 0 Å². The molecule has 6 unspecified atom stereocenters. The molecular formula is C42H77O12P. The first-order chi connectivity index (χ1) is 26.5. The first-order valence-electron chi connectivity index (χ1n) is 21.3. The molecule has 1 aliphatic rings. The van der Waals surface area contributed by atoms with Crippen LogP contribution in [0, 0.1) is 0 Å². The zero-order valence-corrected chi connectivity index (χ0v) is 34.9. The normalized spacial score (nSPS) is 23.6. The Morgan fingerprint density at radius 1 is 0.600 bits per heavy atom. The van der Waals surface area contributed by atoms with Crippen LogP contribution in [0.15, 0.2) is 36.5 Å². The van der Waals surface area contributed by atoms with Gasteiger partial charge in [-0.05, 0) is 44.9 Å². The van der Waals surface area contributed by atoms with Crippen LogP contribution in [0.2, 0.25) is 0 Å². The van der Waals surface area contributed by atoms with Gasteiger partial charge in [-0.3, -0.25) is 13.8 Å². The number of phosphoric acid groups is 1. The van der Waals surface area contributed by atoms with E-state index in [9.17, 15) is 39.8 Å². The highest BCUT2D eigenvalue weighted by Crippen LogP contribution is 2.47. The number of hydrogen-bond acceptors (Lipinski definition) is 11. The van der Waals surface area contributed by atoms with Crippen molar-refractivity contribution in [3.8, 4) is 0 Å². The molecule has 0 amide bonds. The molecule has 0 radical (unpaired) electrons. The van der Waals surface area contributed by atoms with Crippen molar-refractivity contribution in [2.75, 3.05) is 19.8 Å². The highest BCUT2D eigenvalue weighted by atomic mass is 31.2. The zero-order valence-electron chi connectivity index (χ0n) is 34.0. The summed E-state index contributed by atoms with van der Waals surface area (Å²) in [6.45, 7) is 4.10. The molecule has 0 aromatic heterocycles. The van der Waals surface area contributed by atoms with E-state index in [-0.39, 0.29) is 13.0 Å². The van der Waals surface area contributed by atoms with E-state index in [0.717, 1.165) is 83.5 Å². The summed E-state index contributed by atoms with van der Waals surface area (Å²) in [4.78, 5) is 23.1. The number of aliphatic hydroxyl groups is 5. The van der Waals surface area contributed by atoms with Gasteiger partial charge in [-0.2, -0.15) is 0 Å². The Balaban J connectivity index is 2.44. The predicted molar refractivity (Wildman–Crippen MR) is 216 cm³/mol. The van der Waals surface area contributed by atoms with Gasteiger partial charge in [-0.15, -0.1) is 0 Å². The molecular weight excluding hydrogens is 727 g/mol. The van der Waals surface area contributed by atoms with Crippen LogP contribution >= 0.6 is 7.82 Å². The number of carbonyl (C=O) groups excluding carboxylic acids is 1. The molecule has 0 heterocycles. The number of allylic oxidation sites excluding steroid dienone is 6. The van der Waals surface area contributed by atoms with E-state index in [0.29, 0.717) is 13.0 Å². The van der Waals surface area contributed by atoms with Crippen molar-refractivity contribution < 1.29 is 58.3 Å². The van der Waals surface area contributed by atoms with Crippen LogP contribution < -0.4 is 0 Å². The van der Waals surface area contributed by atoms with Crippen molar-refractivity contribution in [1.29, 1.82) is 0 Å². The van der Waals surface area contributed by atoms with Crippen molar-refractivity contribution in [1.82, 2.24) is 0 Å². The second-order valence-electron chi connectivity index (χ2n) is 14.8. The number of esters is 1. The van der Waals surface area contributed by atoms with Gasteiger partial charge in [0.2, 0.25) is 0 Å². The lowest BCUT2D eigenvalue weighted by molar-refractivity contribution is -0.220. The largest absolute Gasteiger partial charge is 0.472 e. The average Bonchev–Trinajstić information content (AvgIpc) is 3.17. The van der Waals surface area contributed by atoms with Gasteiger partial charge in [0.1, 0.15) is 42.7 Å². The van der Waals surface area contributed by atoms with E-state index >= 15 is 0 Å². The van der Waals surface area contributed by atoms with E-state index in [2.05, 4.69) is 50.3 Å². The van der Waals surface area contributed by atoms with Crippen LogP contribution in [0.25, 0.3) is 0 Å². The number of hydrogen-bond donors (Lipinski definition) is 6. The fraction of sp³-hybridized carbons (Fsp3) is 0.833. The lowest BCUT2D eigenvalue weighted by Gasteiger charge is -2.41. The summed E-state index contributed by atoms with van der Waals surface area (Å²) >= 11 is 0. The van der Waals surface area contributed by atoms with E-state index in [4.69, 9.17) is 18.5 Å². The van der Waals surface area contributed by atoms with Crippen LogP contribution in [0.3, 0.4) is 0 Å². The fourth-order valence-electron chi connectivity index (χ4n) is 6.37. The molecule has 6 N–H and O–H groups in total. The maximum Gasteiger partial charge on any atom is 0.472 e. The molecule has 0 aromatic carbocycles. The topological polar surface area (TPSA) is 192 Å². The third-order valence-electron chi connectivity index (χ3n) is 9.78. The maximum atomic E-state index is 12.8. The van der Waals surface area contributed by atoms with Crippen LogP contribution in [0.1, 0.15) is 162 Å². The van der Waals surface area contributed by atoms with Crippen LogP contribution in [0.5, 0.6) is 0 Å². The van der Waals surface area contributed by atoms with E-state index in [1.165, 1.54) is 51.4 Å². The van der Waals surface area contributed by atoms with Gasteiger partial charge in [0.25, 0.3) is 0 Å². The molecule has 0 aromatic rings. The SMILES string of the molecule is CC/C=C\C/C=C\C/C=C\CCCCCCCCOCC(COP(=O)(O)OC1C(O)C(O)C(O)C(O)C1O)OC(=O)CCCCCCCCCCCCCC. The lowest BCUT2D eigenvalue weighted by Crippen LogP contribution is -2.64. The predicted octanol–water partition coefficient (Wildman–Crippen LogP) is 7.92. The second-order valence-corrected chi connectivity index (χ2v) is 16.2. The number of carbonyl (C=O) groups is 1. The van der Waals surface area contributed by atoms with Crippen molar-refractivity contribution in [2.45, 2.75) is 204 Å². The van der Waals surface area contributed by atoms with Gasteiger partial charge >= 0.3 is 13.8 Å². The Bertz CT molecular complexity index is 1050. The van der Waals surface area contributed by atoms with Gasteiger partial charge in [0, 0.05) is 13.0 Å². The molecule has 0 spiro atoms. The molecule has 55 heavy (non-hydrogen) atoms. The standard InChI is InChI=1S/C42H77O12P/c1-3-5-7-9-11-13-15-17-18-19-20-22-24-26-28-30-32-51-33-35(53-36(43)31-29-27-25-23-21-16-14-12-10-8-6-4-2)34-52-55(49,50)54-42-40(47)38(45)37(44)39(46)41(42)48/h5,7,11,13,17-18,35,37-42,44-48H,3-4,6,8-10,12,14-16,19-34H2,1-2H3,(H,49,50)/b7-5-,13-11-,18-17-. The number of unbranched alkanes of at least 4 members (excludes halogenated alkanes) is 17. The minimum Gasteiger partial charge on any atom is -0.457 e. The van der Waals surface area contributed by atoms with E-state index < -0.39 is 63.1 Å². The number of phosphoric ester groups is 1. The van der Waals surface area contributed by atoms with Crippen molar-refractivity contribution >= 4 is 13.8 Å². The summed E-state index contributed by atoms with van der Waals surface area (Å²) in [6.07, 6.45) is 25.0. The Morgan fingerprint density at radius 3 is 1.64 bits per heavy atom. The minimum absolute atomic E-state index is 0.0839. The molecule has 322 valence electrons. The summed E-state index contributed by atoms with van der Waals surface area (Å²) < 4.78 is 34.1. The number of ether oxygens (including phenoxy) is 2. The smallest absolute Gasteiger partial charge is 0.457 e. The van der Waals surface area contributed by atoms with Gasteiger partial charge in [0.05, 0.1) is 13.2 Å². The van der Waals surface area contributed by atoms with Gasteiger partial charge in [0.15, 0.2) is 0 Å². The number of aliphatic hydroxyl groups excluding tert-OH is 5. The quantitative estimate of drug-likeness (QED) is 0.0157. The molecule has 12 nitrogen and oxygen atoms in total. The van der Waals surface area contributed by atoms with Gasteiger partial charge < -0.3 is 39.9 Å². The fourth-order valence-corrected chi connectivity index (χ4v) is 7.34. The third kappa shape index (κ3) is 26.2. The molecule has 13 heteroatoms. The van der Waals surface area contributed by atoms with Crippen molar-refractivity contribution in [3.63, 3.8) is 0 Å². The molecule has 0 aliphatic heterocycles. The molecule has 1 aliphatic carbocycles. The zero-order chi connectivity index (χ0) is 40.6. The Kier molecular flexibility index (Phi) is 31.4. The summed E-state index contributed by atoms with van der Waals surface area (Å²) in [5, 5.41) is 50.1. The first-order valence-corrected chi connectivity index (χ1v) is 22.8. The van der Waals surface area contributed by atoms with Crippen molar-refractivity contribution in [2.24, 2.45) is 0 Å². The summed E-state index contributed by atoms with van der Waals surface area (Å²) in [7, 11) is -5.01. The highest BCUT2D eigenvalue weighted by molar-refractivity contribution is 7.47. The first kappa shape index (κ1) is 51.6. The monoisotopic (exact) mass is 805 g/mol. The number of rotatable bonds is 35. The van der Waals surface area contributed by atoms with Gasteiger partial charge in [-0.1, -0.05) is 147 Å². The second kappa shape index (κ2) is 33.5. The average molecular weight is 805 g/mol. The third-order valence-corrected chi connectivity index (χ3v) is 10.8. The molecule has 0 bridgehead atoms. The summed E-state index contributed by atoms with van der Waals surface area (Å²) in [6, 6.07) is 0. The Labute approximate surface area is 332 Å². The van der Waals surface area contributed by atoms with Gasteiger partial charge in [-0.25, -0.2) is 4.57 Å². The molecule has 1 fully saturated rings. The minimum atomic E-state index is -5.01. The molecule has 6 atom stereocenters. The molecule has 1 saturated carbocycles. The van der Waals surface area contributed by atoms with Crippen LogP contribution in [0.4, 0.5) is 0 Å². The Morgan fingerprint density at radius 2 is 1.07 bits per heavy atom. The summed E-state index contributed by atoms with van der Waals surface area (Å²) in [5.74, 6) is -0.484. The van der Waals surface area contributed by atoms with Crippen LogP contribution in [-0.2, 0) is 27.9 Å². The maximum absolute atomic E-state index is 12.8. The van der Waals surface area contributed by atoms with Crippen molar-refractivity contribution in [3.05, 3.63) is 36.5 Å². The highest BCUT2D eigenvalue weighted by Gasteiger charge is 2.51. The summed E-state index contributed by atoms with van der Waals surface area (Å²) in [5.41, 5.74) is 0. The van der Waals surface area contributed by atoms with Crippen LogP contribution in [-0.4, -0.2) is 98.9 Å². The van der Waals surface area contributed by atoms with E-state index in [1.807, 2.05) is 0 Å². The molecule has 1 rings (SSSR count). The molecule has 0 saturated heterocycles. The lowest BCUT2D eigenvalue weighted by atomic mass is 9.85.